The molecule has 1 aromatic heterocycles. The third-order valence-corrected chi connectivity index (χ3v) is 4.22. The van der Waals surface area contributed by atoms with Crippen LogP contribution in [-0.2, 0) is 6.42 Å². The van der Waals surface area contributed by atoms with Gasteiger partial charge in [0.1, 0.15) is 23.5 Å². The maximum atomic E-state index is 14.6. The third kappa shape index (κ3) is 4.71. The molecule has 154 valence electrons. The molecule has 2 heterocycles. The number of nitrogens with two attached hydrogens (primary N) is 2. The van der Waals surface area contributed by atoms with Crippen molar-refractivity contribution in [2.45, 2.75) is 18.4 Å². The van der Waals surface area contributed by atoms with Gasteiger partial charge in [-0.05, 0) is 23.8 Å². The fourth-order valence-corrected chi connectivity index (χ4v) is 2.82. The number of rotatable bonds is 5. The van der Waals surface area contributed by atoms with Crippen molar-refractivity contribution in [1.29, 1.82) is 0 Å². The number of benzene rings is 1. The first-order chi connectivity index (χ1) is 13.7. The van der Waals surface area contributed by atoms with E-state index in [-0.39, 0.29) is 41.7 Å². The summed E-state index contributed by atoms with van der Waals surface area (Å²) in [7, 11) is 0. The van der Waals surface area contributed by atoms with E-state index < -0.39 is 35.7 Å². The molecule has 3 rings (SSSR count). The minimum Gasteiger partial charge on any atom is -0.386 e. The molecule has 2 aromatic rings. The van der Waals surface area contributed by atoms with Crippen molar-refractivity contribution < 1.29 is 18.0 Å². The number of aromatic amines is 1. The van der Waals surface area contributed by atoms with Crippen LogP contribution in [0.3, 0.4) is 0 Å². The van der Waals surface area contributed by atoms with Crippen molar-refractivity contribution in [2.24, 2.45) is 10.7 Å². The van der Waals surface area contributed by atoms with Gasteiger partial charge < -0.3 is 27.1 Å². The predicted octanol–water partition coefficient (Wildman–Crippen LogP) is 0.250. The zero-order valence-electron chi connectivity index (χ0n) is 15.0. The summed E-state index contributed by atoms with van der Waals surface area (Å²) in [5.41, 5.74) is 9.92. The Hall–Kier alpha value is -3.41. The monoisotopic (exact) mass is 409 g/mol. The lowest BCUT2D eigenvalue weighted by Crippen LogP contribution is -2.49. The second-order valence-electron chi connectivity index (χ2n) is 6.47. The van der Waals surface area contributed by atoms with Crippen LogP contribution in [0.5, 0.6) is 0 Å². The molecular weight excluding hydrogens is 391 g/mol. The number of hydrogen-bond donors (Lipinski definition) is 5. The smallest absolute Gasteiger partial charge is 0.278 e. The molecule has 0 unspecified atom stereocenters. The Labute approximate surface area is 162 Å². The van der Waals surface area contributed by atoms with Crippen LogP contribution in [0.15, 0.2) is 34.2 Å². The van der Waals surface area contributed by atoms with Gasteiger partial charge in [0, 0.05) is 18.7 Å². The first kappa shape index (κ1) is 20.3. The van der Waals surface area contributed by atoms with Gasteiger partial charge in [-0.3, -0.25) is 14.6 Å². The third-order valence-electron chi connectivity index (χ3n) is 4.22. The number of nitrogen functional groups attached to an aromatic ring is 1. The molecule has 0 bridgehead atoms. The molecule has 29 heavy (non-hydrogen) atoms. The minimum absolute atomic E-state index is 0.0494. The van der Waals surface area contributed by atoms with Gasteiger partial charge in [-0.25, -0.2) is 18.2 Å². The summed E-state index contributed by atoms with van der Waals surface area (Å²) in [6.45, 7) is 0.118. The van der Waals surface area contributed by atoms with Crippen LogP contribution in [0.2, 0.25) is 0 Å². The molecule has 0 spiro atoms. The molecule has 7 N–H and O–H groups in total. The second-order valence-corrected chi connectivity index (χ2v) is 6.47. The zero-order chi connectivity index (χ0) is 21.2. The summed E-state index contributed by atoms with van der Waals surface area (Å²) in [5, 5.41) is 5.11. The molecule has 1 atom stereocenters. The van der Waals surface area contributed by atoms with E-state index in [2.05, 4.69) is 25.6 Å². The lowest BCUT2D eigenvalue weighted by Gasteiger charge is -2.28. The van der Waals surface area contributed by atoms with Gasteiger partial charge in [-0.1, -0.05) is 0 Å². The fraction of sp³-hybridized carbons (Fsp3) is 0.294. The Kier molecular flexibility index (Phi) is 5.55. The van der Waals surface area contributed by atoms with Crippen molar-refractivity contribution in [3.8, 4) is 0 Å². The number of amidine groups is 1. The zero-order valence-corrected chi connectivity index (χ0v) is 15.0. The first-order valence-corrected chi connectivity index (χ1v) is 8.51. The second kappa shape index (κ2) is 7.91. The highest BCUT2D eigenvalue weighted by Gasteiger charge is 2.41. The van der Waals surface area contributed by atoms with Crippen molar-refractivity contribution >= 4 is 23.2 Å². The molecule has 0 radical (unpaired) electrons. The van der Waals surface area contributed by atoms with Crippen molar-refractivity contribution in [1.82, 2.24) is 15.3 Å². The Morgan fingerprint density at radius 3 is 2.79 bits per heavy atom. The average molecular weight is 409 g/mol. The molecule has 9 nitrogen and oxygen atoms in total. The van der Waals surface area contributed by atoms with Gasteiger partial charge in [0.2, 0.25) is 0 Å². The number of aliphatic imine (C=N–C) groups is 1. The van der Waals surface area contributed by atoms with Crippen molar-refractivity contribution in [3.05, 3.63) is 51.8 Å². The van der Waals surface area contributed by atoms with E-state index in [0.29, 0.717) is 0 Å². The van der Waals surface area contributed by atoms with Gasteiger partial charge in [0.15, 0.2) is 5.69 Å². The predicted molar refractivity (Wildman–Crippen MR) is 101 cm³/mol. The van der Waals surface area contributed by atoms with Crippen LogP contribution in [-0.4, -0.2) is 46.8 Å². The molecule has 0 aliphatic carbocycles. The largest absolute Gasteiger partial charge is 0.386 e. The number of carbonyl (C=O) groups excluding carboxylic acids is 1. The number of alkyl halides is 2. The maximum Gasteiger partial charge on any atom is 0.278 e. The van der Waals surface area contributed by atoms with E-state index in [1.165, 1.54) is 6.07 Å². The number of nitrogens with zero attached hydrogens (tertiary/aromatic N) is 2. The summed E-state index contributed by atoms with van der Waals surface area (Å²) in [5.74, 6) is -5.23. The normalized spacial score (nSPS) is 16.9. The highest BCUT2D eigenvalue weighted by molar-refractivity contribution is 6.05. The molecule has 1 aliphatic rings. The first-order valence-electron chi connectivity index (χ1n) is 8.51. The van der Waals surface area contributed by atoms with E-state index in [4.69, 9.17) is 11.5 Å². The van der Waals surface area contributed by atoms with Gasteiger partial charge in [-0.15, -0.1) is 0 Å². The van der Waals surface area contributed by atoms with E-state index in [0.717, 1.165) is 18.3 Å². The lowest BCUT2D eigenvalue weighted by atomic mass is 9.99. The summed E-state index contributed by atoms with van der Waals surface area (Å²) in [4.78, 5) is 33.0. The number of halogens is 3. The van der Waals surface area contributed by atoms with E-state index >= 15 is 0 Å². The van der Waals surface area contributed by atoms with Gasteiger partial charge in [0.05, 0.1) is 12.7 Å². The minimum atomic E-state index is -3.37. The number of nitrogens with one attached hydrogen (secondary N) is 3. The van der Waals surface area contributed by atoms with Gasteiger partial charge in [0.25, 0.3) is 17.4 Å². The van der Waals surface area contributed by atoms with Crippen LogP contribution in [0.4, 0.5) is 24.7 Å². The van der Waals surface area contributed by atoms with Crippen molar-refractivity contribution in [3.63, 3.8) is 0 Å². The van der Waals surface area contributed by atoms with Crippen LogP contribution >= 0.6 is 0 Å². The number of amides is 1. The van der Waals surface area contributed by atoms with E-state index in [9.17, 15) is 22.8 Å². The number of carbonyl (C=O) groups is 1. The van der Waals surface area contributed by atoms with Crippen LogP contribution in [0.1, 0.15) is 16.1 Å². The molecule has 1 amide bonds. The Morgan fingerprint density at radius 2 is 2.10 bits per heavy atom. The topological polar surface area (TPSA) is 151 Å². The maximum absolute atomic E-state index is 14.6. The Morgan fingerprint density at radius 1 is 1.34 bits per heavy atom. The lowest BCUT2D eigenvalue weighted by molar-refractivity contribution is -0.0247. The van der Waals surface area contributed by atoms with E-state index in [1.807, 2.05) is 0 Å². The fourth-order valence-electron chi connectivity index (χ4n) is 2.82. The summed E-state index contributed by atoms with van der Waals surface area (Å²) in [6, 6.07) is 1.82. The Balaban J connectivity index is 1.80. The Bertz CT molecular complexity index is 1020. The SMILES string of the molecule is NC1=N[C@@H](C(F)(F)Cc2cc(NC(=O)c3ncc(=O)[nH]c3N)ccc2F)CNC1. The summed E-state index contributed by atoms with van der Waals surface area (Å²) < 4.78 is 43.3. The molecule has 0 fully saturated rings. The van der Waals surface area contributed by atoms with Crippen molar-refractivity contribution in [2.75, 3.05) is 24.1 Å². The number of hydrogen-bond acceptors (Lipinski definition) is 7. The van der Waals surface area contributed by atoms with Crippen LogP contribution in [0, 0.1) is 5.82 Å². The summed E-state index contributed by atoms with van der Waals surface area (Å²) in [6.07, 6.45) is -0.0724. The van der Waals surface area contributed by atoms with E-state index in [1.54, 1.807) is 0 Å². The van der Waals surface area contributed by atoms with Gasteiger partial charge in [-0.2, -0.15) is 0 Å². The number of H-pyrrole nitrogens is 1. The molecular formula is C17H18F3N7O2. The molecule has 0 saturated heterocycles. The van der Waals surface area contributed by atoms with Gasteiger partial charge >= 0.3 is 0 Å². The molecule has 1 aliphatic heterocycles. The molecule has 12 heteroatoms. The quantitative estimate of drug-likeness (QED) is 0.478. The number of anilines is 2. The van der Waals surface area contributed by atoms with Crippen LogP contribution in [0.25, 0.3) is 0 Å². The standard InChI is InChI=1S/C17H18F3N7O2/c18-10-2-1-9(25-16(29)14-15(22)27-13(28)7-24-14)3-8(10)4-17(19,20)11-5-23-6-12(21)26-11/h1-3,7,11,23H,4-6H2,(H2,21,26)(H,25,29)(H3,22,27,28)/t11-/m1/s1. The molecule has 1 aromatic carbocycles. The van der Waals surface area contributed by atoms with Crippen LogP contribution < -0.4 is 27.7 Å². The summed E-state index contributed by atoms with van der Waals surface area (Å²) >= 11 is 0. The molecule has 0 saturated carbocycles. The number of aromatic nitrogens is 2. The highest BCUT2D eigenvalue weighted by atomic mass is 19.3. The highest BCUT2D eigenvalue weighted by Crippen LogP contribution is 2.29. The average Bonchev–Trinajstić information content (AvgIpc) is 2.64.